The molecule has 0 radical (unpaired) electrons. The fourth-order valence-corrected chi connectivity index (χ4v) is 4.21. The van der Waals surface area contributed by atoms with Crippen LogP contribution in [0.2, 0.25) is 0 Å². The molecular weight excluding hydrogens is 298 g/mol. The smallest absolute Gasteiger partial charge is 0.150 e. The van der Waals surface area contributed by atoms with Gasteiger partial charge in [-0.3, -0.25) is 4.90 Å². The zero-order chi connectivity index (χ0) is 14.7. The van der Waals surface area contributed by atoms with Gasteiger partial charge in [0.1, 0.15) is 0 Å². The Hall–Kier alpha value is -1.22. The Balaban J connectivity index is 1.64. The minimum Gasteiger partial charge on any atom is -0.382 e. The van der Waals surface area contributed by atoms with Crippen molar-refractivity contribution in [3.05, 3.63) is 18.2 Å². The lowest BCUT2D eigenvalue weighted by atomic mass is 10.0. The minimum atomic E-state index is 0.546. The number of hydrogen-bond donors (Lipinski definition) is 1. The summed E-state index contributed by atoms with van der Waals surface area (Å²) in [5.74, 6) is 2.73. The van der Waals surface area contributed by atoms with Crippen molar-refractivity contribution in [2.45, 2.75) is 23.2 Å². The van der Waals surface area contributed by atoms with Gasteiger partial charge in [0.2, 0.25) is 0 Å². The van der Waals surface area contributed by atoms with Crippen LogP contribution in [0, 0.1) is 12.3 Å². The number of anilines is 1. The first kappa shape index (κ1) is 14.7. The fourth-order valence-electron chi connectivity index (χ4n) is 2.68. The predicted molar refractivity (Wildman–Crippen MR) is 93.3 cm³/mol. The molecule has 1 N–H and O–H groups in total. The molecule has 21 heavy (non-hydrogen) atoms. The summed E-state index contributed by atoms with van der Waals surface area (Å²) in [5, 5.41) is 3.66. The van der Waals surface area contributed by atoms with E-state index in [1.165, 1.54) is 10.4 Å². The van der Waals surface area contributed by atoms with Crippen molar-refractivity contribution in [1.29, 1.82) is 0 Å². The summed E-state index contributed by atoms with van der Waals surface area (Å²) < 4.78 is 2.39. The van der Waals surface area contributed by atoms with Crippen LogP contribution < -0.4 is 5.32 Å². The summed E-state index contributed by atoms with van der Waals surface area (Å²) in [6.07, 6.45) is 9.74. The summed E-state index contributed by atoms with van der Waals surface area (Å²) in [6.45, 7) is 2.94. The van der Waals surface area contributed by atoms with E-state index in [1.54, 1.807) is 23.1 Å². The Labute approximate surface area is 134 Å². The first-order valence-corrected chi connectivity index (χ1v) is 9.19. The molecule has 1 aliphatic rings. The van der Waals surface area contributed by atoms with Gasteiger partial charge < -0.3 is 5.32 Å². The summed E-state index contributed by atoms with van der Waals surface area (Å²) >= 11 is 3.47. The first-order chi connectivity index (χ1) is 10.3. The van der Waals surface area contributed by atoms with Gasteiger partial charge in [-0.25, -0.2) is 4.98 Å². The molecule has 0 bridgehead atoms. The minimum absolute atomic E-state index is 0.546. The van der Waals surface area contributed by atoms with Crippen molar-refractivity contribution < 1.29 is 0 Å². The molecular formula is C16H19N3S2. The zero-order valence-electron chi connectivity index (χ0n) is 12.1. The van der Waals surface area contributed by atoms with Crippen LogP contribution in [0.3, 0.4) is 0 Å². The lowest BCUT2D eigenvalue weighted by Gasteiger charge is -2.31. The number of likely N-dealkylation sites (tertiary alicyclic amines) is 1. The van der Waals surface area contributed by atoms with Gasteiger partial charge in [0.05, 0.1) is 16.8 Å². The fraction of sp³-hybridized carbons (Fsp3) is 0.438. The molecule has 0 atom stereocenters. The van der Waals surface area contributed by atoms with Gasteiger partial charge >= 0.3 is 0 Å². The third kappa shape index (κ3) is 3.52. The maximum Gasteiger partial charge on any atom is 0.150 e. The highest BCUT2D eigenvalue weighted by Gasteiger charge is 2.18. The van der Waals surface area contributed by atoms with Crippen LogP contribution in [-0.2, 0) is 0 Å². The predicted octanol–water partition coefficient (Wildman–Crippen LogP) is 3.53. The molecule has 2 aromatic rings. The maximum atomic E-state index is 5.37. The molecule has 1 aromatic carbocycles. The summed E-state index contributed by atoms with van der Waals surface area (Å²) in [5.41, 5.74) is 2.30. The van der Waals surface area contributed by atoms with E-state index in [4.69, 9.17) is 6.42 Å². The lowest BCUT2D eigenvalue weighted by Crippen LogP contribution is -2.39. The molecule has 3 nitrogen and oxygen atoms in total. The Kier molecular flexibility index (Phi) is 4.69. The number of benzene rings is 1. The van der Waals surface area contributed by atoms with Crippen molar-refractivity contribution >= 4 is 39.0 Å². The molecule has 2 heterocycles. The second kappa shape index (κ2) is 6.69. The van der Waals surface area contributed by atoms with Gasteiger partial charge in [-0.1, -0.05) is 17.7 Å². The molecule has 1 saturated heterocycles. The number of rotatable bonds is 4. The summed E-state index contributed by atoms with van der Waals surface area (Å²) in [7, 11) is 0. The van der Waals surface area contributed by atoms with Crippen molar-refractivity contribution in [3.8, 4) is 12.3 Å². The lowest BCUT2D eigenvalue weighted by molar-refractivity contribution is 0.243. The Morgan fingerprint density at radius 3 is 3.00 bits per heavy atom. The normalized spacial score (nSPS) is 17.0. The highest BCUT2D eigenvalue weighted by atomic mass is 32.2. The SMILES string of the molecule is C#CCN1CCC(Nc2ccc3nc(SC)sc3c2)CC1. The second-order valence-corrected chi connectivity index (χ2v) is 7.35. The van der Waals surface area contributed by atoms with E-state index in [9.17, 15) is 0 Å². The van der Waals surface area contributed by atoms with E-state index in [0.29, 0.717) is 6.04 Å². The van der Waals surface area contributed by atoms with Crippen LogP contribution in [0.25, 0.3) is 10.2 Å². The number of nitrogens with one attached hydrogen (secondary N) is 1. The van der Waals surface area contributed by atoms with Crippen LogP contribution in [0.4, 0.5) is 5.69 Å². The molecule has 1 fully saturated rings. The van der Waals surface area contributed by atoms with Gasteiger partial charge in [-0.05, 0) is 37.3 Å². The second-order valence-electron chi connectivity index (χ2n) is 5.27. The highest BCUT2D eigenvalue weighted by Crippen LogP contribution is 2.30. The van der Waals surface area contributed by atoms with Gasteiger partial charge in [0.15, 0.2) is 4.34 Å². The number of piperidine rings is 1. The number of thioether (sulfide) groups is 1. The third-order valence-corrected chi connectivity index (χ3v) is 5.82. The van der Waals surface area contributed by atoms with E-state index in [2.05, 4.69) is 45.6 Å². The van der Waals surface area contributed by atoms with Crippen LogP contribution in [0.1, 0.15) is 12.8 Å². The van der Waals surface area contributed by atoms with E-state index in [1.807, 2.05) is 0 Å². The van der Waals surface area contributed by atoms with E-state index in [-0.39, 0.29) is 0 Å². The van der Waals surface area contributed by atoms with Gasteiger partial charge in [0, 0.05) is 24.8 Å². The molecule has 5 heteroatoms. The Morgan fingerprint density at radius 2 is 2.29 bits per heavy atom. The van der Waals surface area contributed by atoms with Crippen LogP contribution in [0.5, 0.6) is 0 Å². The molecule has 0 spiro atoms. The standard InChI is InChI=1S/C16H19N3S2/c1-3-8-19-9-6-12(7-10-19)17-13-4-5-14-15(11-13)21-16(18-14)20-2/h1,4-5,11-12,17H,6-10H2,2H3. The van der Waals surface area contributed by atoms with Crippen molar-refractivity contribution in [1.82, 2.24) is 9.88 Å². The summed E-state index contributed by atoms with van der Waals surface area (Å²) in [4.78, 5) is 6.92. The maximum absolute atomic E-state index is 5.37. The molecule has 110 valence electrons. The highest BCUT2D eigenvalue weighted by molar-refractivity contribution is 8.00. The molecule has 0 aliphatic carbocycles. The zero-order valence-corrected chi connectivity index (χ0v) is 13.8. The van der Waals surface area contributed by atoms with Crippen molar-refractivity contribution in [2.24, 2.45) is 0 Å². The van der Waals surface area contributed by atoms with E-state index >= 15 is 0 Å². The molecule has 0 unspecified atom stereocenters. The van der Waals surface area contributed by atoms with Crippen molar-refractivity contribution in [3.63, 3.8) is 0 Å². The molecule has 1 aromatic heterocycles. The van der Waals surface area contributed by atoms with Crippen LogP contribution >= 0.6 is 23.1 Å². The average molecular weight is 317 g/mol. The Bertz CT molecular complexity index is 651. The quantitative estimate of drug-likeness (QED) is 0.690. The molecule has 0 amide bonds. The van der Waals surface area contributed by atoms with Crippen LogP contribution in [0.15, 0.2) is 22.5 Å². The molecule has 3 rings (SSSR count). The molecule has 1 aliphatic heterocycles. The molecule has 0 saturated carbocycles. The van der Waals surface area contributed by atoms with Gasteiger partial charge in [-0.2, -0.15) is 0 Å². The largest absolute Gasteiger partial charge is 0.382 e. The van der Waals surface area contributed by atoms with Crippen LogP contribution in [-0.4, -0.2) is 41.8 Å². The topological polar surface area (TPSA) is 28.2 Å². The first-order valence-electron chi connectivity index (χ1n) is 7.15. The number of nitrogens with zero attached hydrogens (tertiary/aromatic N) is 2. The monoisotopic (exact) mass is 317 g/mol. The van der Waals surface area contributed by atoms with E-state index < -0.39 is 0 Å². The summed E-state index contributed by atoms with van der Waals surface area (Å²) in [6, 6.07) is 7.02. The number of thiazole rings is 1. The number of terminal acetylenes is 1. The van der Waals surface area contributed by atoms with Gasteiger partial charge in [-0.15, -0.1) is 17.8 Å². The van der Waals surface area contributed by atoms with Crippen molar-refractivity contribution in [2.75, 3.05) is 31.2 Å². The Morgan fingerprint density at radius 1 is 1.48 bits per heavy atom. The third-order valence-electron chi connectivity index (χ3n) is 3.82. The number of aromatic nitrogens is 1. The van der Waals surface area contributed by atoms with Gasteiger partial charge in [0.25, 0.3) is 0 Å². The number of hydrogen-bond acceptors (Lipinski definition) is 5. The average Bonchev–Trinajstić information content (AvgIpc) is 2.92. The van der Waals surface area contributed by atoms with E-state index in [0.717, 1.165) is 42.3 Å². The number of fused-ring (bicyclic) bond motifs is 1.